The zero-order valence-corrected chi connectivity index (χ0v) is 20.3. The van der Waals surface area contributed by atoms with Crippen LogP contribution in [0.1, 0.15) is 111 Å². The van der Waals surface area contributed by atoms with Crippen LogP contribution in [0.2, 0.25) is 0 Å². The van der Waals surface area contributed by atoms with Crippen molar-refractivity contribution < 1.29 is 48.7 Å². The van der Waals surface area contributed by atoms with Crippen molar-refractivity contribution in [2.24, 2.45) is 0 Å². The summed E-state index contributed by atoms with van der Waals surface area (Å²) < 4.78 is 34.7. The van der Waals surface area contributed by atoms with Crippen LogP contribution in [0, 0.1) is 0 Å². The standard InChI is InChI=1S/C20H42O4S.Na.H/c1-2-3-4-5-6-7-8-9-10-11-12-13-14-15-16-17-18-24-19-20-25(21,22)23;;/h2-20H2,1H3,(H,21,22,23);;/q;+1;-1. The fraction of sp³-hybridized carbons (Fsp3) is 1.00. The third kappa shape index (κ3) is 27.1. The Balaban J connectivity index is -0.00000288. The summed E-state index contributed by atoms with van der Waals surface area (Å²) in [7, 11) is -3.87. The van der Waals surface area contributed by atoms with E-state index >= 15 is 0 Å². The van der Waals surface area contributed by atoms with Crippen molar-refractivity contribution in [3.05, 3.63) is 0 Å². The minimum Gasteiger partial charge on any atom is -1.00 e. The molecule has 26 heavy (non-hydrogen) atoms. The van der Waals surface area contributed by atoms with Crippen molar-refractivity contribution in [2.45, 2.75) is 110 Å². The molecule has 0 radical (unpaired) electrons. The molecule has 0 atom stereocenters. The summed E-state index contributed by atoms with van der Waals surface area (Å²) in [5.74, 6) is -0.300. The van der Waals surface area contributed by atoms with Gasteiger partial charge in [0, 0.05) is 6.61 Å². The average Bonchev–Trinajstić information content (AvgIpc) is 2.56. The molecule has 4 nitrogen and oxygen atoms in total. The molecule has 0 spiro atoms. The van der Waals surface area contributed by atoms with E-state index in [1.54, 1.807) is 0 Å². The van der Waals surface area contributed by atoms with Gasteiger partial charge in [-0.2, -0.15) is 8.42 Å². The van der Waals surface area contributed by atoms with E-state index in [1.807, 2.05) is 0 Å². The molecule has 0 aromatic rings. The summed E-state index contributed by atoms with van der Waals surface area (Å²) in [4.78, 5) is 0. The Morgan fingerprint density at radius 3 is 1.35 bits per heavy atom. The van der Waals surface area contributed by atoms with Crippen LogP contribution in [0.5, 0.6) is 0 Å². The van der Waals surface area contributed by atoms with Gasteiger partial charge in [0.05, 0.1) is 12.4 Å². The molecule has 0 aliphatic rings. The monoisotopic (exact) mass is 402 g/mol. The molecule has 0 saturated carbocycles. The molecule has 0 rings (SSSR count). The fourth-order valence-electron chi connectivity index (χ4n) is 3.02. The van der Waals surface area contributed by atoms with Crippen molar-refractivity contribution in [3.8, 4) is 0 Å². The quantitative estimate of drug-likeness (QED) is 0.193. The summed E-state index contributed by atoms with van der Waals surface area (Å²) in [5, 5.41) is 0. The van der Waals surface area contributed by atoms with Gasteiger partial charge < -0.3 is 6.16 Å². The number of hydrogen-bond acceptors (Lipinski definition) is 3. The van der Waals surface area contributed by atoms with Crippen LogP contribution in [-0.4, -0.2) is 31.9 Å². The minimum absolute atomic E-state index is 0. The molecule has 154 valence electrons. The van der Waals surface area contributed by atoms with Gasteiger partial charge in [-0.05, 0) is 6.42 Å². The van der Waals surface area contributed by atoms with Crippen molar-refractivity contribution in [3.63, 3.8) is 0 Å². The van der Waals surface area contributed by atoms with Gasteiger partial charge in [0.2, 0.25) is 0 Å². The van der Waals surface area contributed by atoms with Gasteiger partial charge in [-0.25, -0.2) is 0 Å². The van der Waals surface area contributed by atoms with Crippen LogP contribution >= 0.6 is 0 Å². The molecule has 0 saturated heterocycles. The van der Waals surface area contributed by atoms with Crippen LogP contribution in [-0.2, 0) is 14.9 Å². The summed E-state index contributed by atoms with van der Waals surface area (Å²) in [6.45, 7) is 2.96. The van der Waals surface area contributed by atoms with Gasteiger partial charge in [-0.1, -0.05) is 103 Å². The molecular weight excluding hydrogens is 359 g/mol. The molecule has 0 aromatic carbocycles. The Hall–Kier alpha value is 0.870. The summed E-state index contributed by atoms with van der Waals surface area (Å²) in [6, 6.07) is 0. The maximum absolute atomic E-state index is 10.5. The van der Waals surface area contributed by atoms with Crippen molar-refractivity contribution in [1.82, 2.24) is 0 Å². The van der Waals surface area contributed by atoms with Crippen molar-refractivity contribution in [2.75, 3.05) is 19.0 Å². The van der Waals surface area contributed by atoms with Crippen molar-refractivity contribution >= 4 is 10.1 Å². The number of hydrogen-bond donors (Lipinski definition) is 1. The zero-order chi connectivity index (χ0) is 18.6. The van der Waals surface area contributed by atoms with E-state index in [4.69, 9.17) is 9.29 Å². The van der Waals surface area contributed by atoms with E-state index in [-0.39, 0.29) is 43.3 Å². The predicted molar refractivity (Wildman–Crippen MR) is 108 cm³/mol. The molecule has 0 aromatic heterocycles. The Morgan fingerprint density at radius 1 is 0.654 bits per heavy atom. The Bertz CT molecular complexity index is 367. The van der Waals surface area contributed by atoms with Crippen LogP contribution < -0.4 is 29.6 Å². The van der Waals surface area contributed by atoms with Crippen LogP contribution in [0.3, 0.4) is 0 Å². The van der Waals surface area contributed by atoms with Crippen LogP contribution in [0.4, 0.5) is 0 Å². The number of rotatable bonds is 20. The first-order chi connectivity index (χ1) is 12.1. The largest absolute Gasteiger partial charge is 1.00 e. The smallest absolute Gasteiger partial charge is 1.00 e. The SMILES string of the molecule is CCCCCCCCCCCCCCCCCCOCCS(=O)(=O)O.[H-].[Na+]. The van der Waals surface area contributed by atoms with Gasteiger partial charge in [-0.15, -0.1) is 0 Å². The fourth-order valence-corrected chi connectivity index (χ4v) is 3.35. The van der Waals surface area contributed by atoms with E-state index in [9.17, 15) is 8.42 Å². The maximum atomic E-state index is 10.5. The molecule has 1 N–H and O–H groups in total. The average molecular weight is 403 g/mol. The first kappa shape index (κ1) is 29.1. The first-order valence-electron chi connectivity index (χ1n) is 10.6. The normalized spacial score (nSPS) is 11.5. The minimum atomic E-state index is -3.87. The number of ether oxygens (including phenoxy) is 1. The summed E-state index contributed by atoms with van der Waals surface area (Å²) in [6.07, 6.45) is 21.4. The Morgan fingerprint density at radius 2 is 1.00 bits per heavy atom. The van der Waals surface area contributed by atoms with Gasteiger partial charge in [0.1, 0.15) is 0 Å². The van der Waals surface area contributed by atoms with Crippen molar-refractivity contribution in [1.29, 1.82) is 0 Å². The molecule has 0 bridgehead atoms. The van der Waals surface area contributed by atoms with Crippen LogP contribution in [0.15, 0.2) is 0 Å². The second-order valence-corrected chi connectivity index (χ2v) is 8.77. The van der Waals surface area contributed by atoms with Gasteiger partial charge in [0.15, 0.2) is 0 Å². The molecule has 6 heteroatoms. The zero-order valence-electron chi connectivity index (χ0n) is 18.5. The second-order valence-electron chi connectivity index (χ2n) is 7.20. The molecular formula is C20H43NaO4S. The third-order valence-electron chi connectivity index (χ3n) is 4.63. The van der Waals surface area contributed by atoms with Gasteiger partial charge >= 0.3 is 29.6 Å². The molecule has 0 aliphatic heterocycles. The van der Waals surface area contributed by atoms with E-state index in [2.05, 4.69) is 6.92 Å². The molecule has 0 unspecified atom stereocenters. The van der Waals surface area contributed by atoms with Crippen LogP contribution in [0.25, 0.3) is 0 Å². The summed E-state index contributed by atoms with van der Waals surface area (Å²) >= 11 is 0. The van der Waals surface area contributed by atoms with E-state index in [0.29, 0.717) is 6.61 Å². The van der Waals surface area contributed by atoms with Gasteiger partial charge in [0.25, 0.3) is 10.1 Å². The molecule has 0 fully saturated rings. The predicted octanol–water partition coefficient (Wildman–Crippen LogP) is 3.27. The molecule has 0 heterocycles. The first-order valence-corrected chi connectivity index (χ1v) is 12.2. The maximum Gasteiger partial charge on any atom is 1.00 e. The van der Waals surface area contributed by atoms with E-state index in [0.717, 1.165) is 12.8 Å². The molecule has 0 aliphatic carbocycles. The van der Waals surface area contributed by atoms with E-state index < -0.39 is 10.1 Å². The Kier molecular flexibility index (Phi) is 24.8. The van der Waals surface area contributed by atoms with Gasteiger partial charge in [-0.3, -0.25) is 4.55 Å². The summed E-state index contributed by atoms with van der Waals surface area (Å²) in [5.41, 5.74) is 0. The Labute approximate surface area is 186 Å². The number of unbranched alkanes of at least 4 members (excludes halogenated alkanes) is 15. The van der Waals surface area contributed by atoms with E-state index in [1.165, 1.54) is 89.9 Å². The third-order valence-corrected chi connectivity index (χ3v) is 5.31. The topological polar surface area (TPSA) is 63.6 Å². The second kappa shape index (κ2) is 22.2. The molecule has 0 amide bonds.